The van der Waals surface area contributed by atoms with Crippen LogP contribution in [0.2, 0.25) is 0 Å². The van der Waals surface area contributed by atoms with E-state index in [1.807, 2.05) is 39.8 Å². The Balaban J connectivity index is 0.000000581. The third-order valence-electron chi connectivity index (χ3n) is 1.96. The molecule has 0 N–H and O–H groups in total. The van der Waals surface area contributed by atoms with Crippen LogP contribution in [-0.2, 0) is 0 Å². The Morgan fingerprint density at radius 2 is 1.76 bits per heavy atom. The average molecular weight is 232 g/mol. The molecule has 0 amide bonds. The van der Waals surface area contributed by atoms with E-state index < -0.39 is 0 Å². The van der Waals surface area contributed by atoms with E-state index in [-0.39, 0.29) is 5.63 Å². The van der Waals surface area contributed by atoms with Gasteiger partial charge in [0.05, 0.1) is 11.6 Å². The SMILES string of the molecule is C=Cc1ccc2ccoc(=O)c2c1.CC.CC. The molecule has 0 saturated carbocycles. The normalized spacial score (nSPS) is 8.47. The summed E-state index contributed by atoms with van der Waals surface area (Å²) >= 11 is 0. The molecule has 2 aromatic rings. The lowest BCUT2D eigenvalue weighted by Gasteiger charge is -1.96. The second kappa shape index (κ2) is 8.34. The van der Waals surface area contributed by atoms with Crippen LogP contribution in [-0.4, -0.2) is 0 Å². The maximum Gasteiger partial charge on any atom is 0.343 e. The quantitative estimate of drug-likeness (QED) is 0.725. The number of hydrogen-bond acceptors (Lipinski definition) is 2. The molecule has 0 bridgehead atoms. The molecule has 0 aliphatic rings. The van der Waals surface area contributed by atoms with Gasteiger partial charge in [-0.15, -0.1) is 0 Å². The van der Waals surface area contributed by atoms with Gasteiger partial charge in [0.1, 0.15) is 0 Å². The van der Waals surface area contributed by atoms with Crippen LogP contribution >= 0.6 is 0 Å². The second-order valence-electron chi connectivity index (χ2n) is 2.76. The van der Waals surface area contributed by atoms with Gasteiger partial charge in [0, 0.05) is 0 Å². The molecule has 2 nitrogen and oxygen atoms in total. The fraction of sp³-hybridized carbons (Fsp3) is 0.267. The molecule has 2 rings (SSSR count). The van der Waals surface area contributed by atoms with Gasteiger partial charge in [0.2, 0.25) is 0 Å². The highest BCUT2D eigenvalue weighted by molar-refractivity contribution is 5.83. The van der Waals surface area contributed by atoms with E-state index in [1.54, 1.807) is 18.2 Å². The van der Waals surface area contributed by atoms with E-state index in [4.69, 9.17) is 4.42 Å². The molecule has 2 heteroatoms. The molecule has 0 spiro atoms. The predicted octanol–water partition coefficient (Wildman–Crippen LogP) is 4.49. The van der Waals surface area contributed by atoms with Crippen molar-refractivity contribution in [3.05, 3.63) is 53.1 Å². The van der Waals surface area contributed by atoms with Crippen LogP contribution in [0.3, 0.4) is 0 Å². The average Bonchev–Trinajstić information content (AvgIpc) is 2.43. The summed E-state index contributed by atoms with van der Waals surface area (Å²) in [5, 5.41) is 1.49. The third-order valence-corrected chi connectivity index (χ3v) is 1.96. The largest absolute Gasteiger partial charge is 0.431 e. The van der Waals surface area contributed by atoms with Crippen LogP contribution in [0.4, 0.5) is 0 Å². The van der Waals surface area contributed by atoms with Crippen LogP contribution in [0.5, 0.6) is 0 Å². The van der Waals surface area contributed by atoms with Gasteiger partial charge in [-0.05, 0) is 23.1 Å². The van der Waals surface area contributed by atoms with Gasteiger partial charge in [-0.3, -0.25) is 0 Å². The first-order valence-corrected chi connectivity index (χ1v) is 5.95. The summed E-state index contributed by atoms with van der Waals surface area (Å²) in [6.45, 7) is 11.6. The summed E-state index contributed by atoms with van der Waals surface area (Å²) in [6.07, 6.45) is 3.10. The third kappa shape index (κ3) is 3.91. The Morgan fingerprint density at radius 3 is 2.35 bits per heavy atom. The minimum Gasteiger partial charge on any atom is -0.431 e. The summed E-state index contributed by atoms with van der Waals surface area (Å²) in [5.74, 6) is 0. The highest BCUT2D eigenvalue weighted by Crippen LogP contribution is 2.12. The molecule has 0 aliphatic carbocycles. The van der Waals surface area contributed by atoms with Gasteiger partial charge < -0.3 is 4.42 Å². The molecule has 17 heavy (non-hydrogen) atoms. The Morgan fingerprint density at radius 1 is 1.12 bits per heavy atom. The molecule has 0 atom stereocenters. The summed E-state index contributed by atoms with van der Waals surface area (Å²) in [5.41, 5.74) is 0.618. The zero-order valence-electron chi connectivity index (χ0n) is 11.0. The summed E-state index contributed by atoms with van der Waals surface area (Å²) in [7, 11) is 0. The number of hydrogen-bond donors (Lipinski definition) is 0. The van der Waals surface area contributed by atoms with E-state index >= 15 is 0 Å². The molecule has 1 aromatic carbocycles. The van der Waals surface area contributed by atoms with Crippen molar-refractivity contribution in [3.63, 3.8) is 0 Å². The molecule has 1 heterocycles. The topological polar surface area (TPSA) is 30.2 Å². The molecule has 0 saturated heterocycles. The molecule has 0 aliphatic heterocycles. The molecular weight excluding hydrogens is 212 g/mol. The van der Waals surface area contributed by atoms with Crippen molar-refractivity contribution < 1.29 is 4.42 Å². The lowest BCUT2D eigenvalue weighted by atomic mass is 10.1. The van der Waals surface area contributed by atoms with Crippen LogP contribution in [0.15, 0.2) is 46.3 Å². The van der Waals surface area contributed by atoms with Gasteiger partial charge in [-0.25, -0.2) is 4.79 Å². The van der Waals surface area contributed by atoms with Crippen molar-refractivity contribution in [1.29, 1.82) is 0 Å². The Bertz CT molecular complexity index is 510. The van der Waals surface area contributed by atoms with Crippen molar-refractivity contribution in [3.8, 4) is 0 Å². The zero-order chi connectivity index (χ0) is 13.3. The number of benzene rings is 1. The van der Waals surface area contributed by atoms with Gasteiger partial charge in [-0.1, -0.05) is 52.5 Å². The minimum atomic E-state index is -0.304. The Labute approximate surface area is 103 Å². The fourth-order valence-corrected chi connectivity index (χ4v) is 1.26. The zero-order valence-corrected chi connectivity index (χ0v) is 11.0. The number of rotatable bonds is 1. The molecule has 1 aromatic heterocycles. The maximum atomic E-state index is 11.2. The van der Waals surface area contributed by atoms with E-state index in [0.29, 0.717) is 5.39 Å². The van der Waals surface area contributed by atoms with Crippen molar-refractivity contribution in [2.45, 2.75) is 27.7 Å². The minimum absolute atomic E-state index is 0.304. The van der Waals surface area contributed by atoms with Crippen LogP contribution in [0.25, 0.3) is 16.8 Å². The first kappa shape index (κ1) is 15.2. The molecule has 92 valence electrons. The van der Waals surface area contributed by atoms with Crippen molar-refractivity contribution >= 4 is 16.8 Å². The van der Waals surface area contributed by atoms with Crippen LogP contribution < -0.4 is 5.63 Å². The van der Waals surface area contributed by atoms with E-state index in [2.05, 4.69) is 6.58 Å². The highest BCUT2D eigenvalue weighted by Gasteiger charge is 1.98. The summed E-state index contributed by atoms with van der Waals surface area (Å²) in [6, 6.07) is 7.33. The van der Waals surface area contributed by atoms with Gasteiger partial charge in [0.25, 0.3) is 0 Å². The van der Waals surface area contributed by atoms with Crippen molar-refractivity contribution in [2.75, 3.05) is 0 Å². The van der Waals surface area contributed by atoms with Crippen molar-refractivity contribution in [2.24, 2.45) is 0 Å². The maximum absolute atomic E-state index is 11.2. The van der Waals surface area contributed by atoms with Crippen LogP contribution in [0, 0.1) is 0 Å². The number of fused-ring (bicyclic) bond motifs is 1. The molecule has 0 radical (unpaired) electrons. The lowest BCUT2D eigenvalue weighted by Crippen LogP contribution is -1.97. The van der Waals surface area contributed by atoms with Gasteiger partial charge in [0.15, 0.2) is 0 Å². The monoisotopic (exact) mass is 232 g/mol. The summed E-state index contributed by atoms with van der Waals surface area (Å²) < 4.78 is 4.75. The lowest BCUT2D eigenvalue weighted by molar-refractivity contribution is 0.519. The second-order valence-corrected chi connectivity index (χ2v) is 2.76. The fourth-order valence-electron chi connectivity index (χ4n) is 1.26. The highest BCUT2D eigenvalue weighted by atomic mass is 16.4. The van der Waals surface area contributed by atoms with Crippen LogP contribution in [0.1, 0.15) is 33.3 Å². The molecular formula is C15H20O2. The van der Waals surface area contributed by atoms with Crippen molar-refractivity contribution in [1.82, 2.24) is 0 Å². The van der Waals surface area contributed by atoms with Gasteiger partial charge >= 0.3 is 5.63 Å². The van der Waals surface area contributed by atoms with E-state index in [9.17, 15) is 4.79 Å². The van der Waals surface area contributed by atoms with E-state index in [0.717, 1.165) is 10.9 Å². The van der Waals surface area contributed by atoms with E-state index in [1.165, 1.54) is 6.26 Å². The first-order chi connectivity index (χ1) is 8.31. The smallest absolute Gasteiger partial charge is 0.343 e. The Hall–Kier alpha value is -1.83. The summed E-state index contributed by atoms with van der Waals surface area (Å²) in [4.78, 5) is 11.2. The van der Waals surface area contributed by atoms with Gasteiger partial charge in [-0.2, -0.15) is 0 Å². The predicted molar refractivity (Wildman–Crippen MR) is 75.3 cm³/mol. The molecule has 0 unspecified atom stereocenters. The standard InChI is InChI=1S/C11H8O2.2C2H6/c1-2-8-3-4-9-5-6-13-11(12)10(9)7-8;2*1-2/h2-7H,1H2;2*1-2H3. The first-order valence-electron chi connectivity index (χ1n) is 5.95. The Kier molecular flexibility index (Phi) is 7.44. The molecule has 0 fully saturated rings.